The van der Waals surface area contributed by atoms with Crippen LogP contribution in [-0.2, 0) is 0 Å². The Balaban J connectivity index is 0. The summed E-state index contributed by atoms with van der Waals surface area (Å²) in [6, 6.07) is 0. The Hall–Kier alpha value is 0. The minimum absolute atomic E-state index is 0.948. The number of hydrogen-bond donors (Lipinski definition) is 0. The van der Waals surface area contributed by atoms with Crippen molar-refractivity contribution in [3.63, 3.8) is 0 Å². The lowest BCUT2D eigenvalue weighted by molar-refractivity contribution is 0.126. The van der Waals surface area contributed by atoms with Crippen LogP contribution in [0, 0.1) is 22.1 Å². The van der Waals surface area contributed by atoms with Gasteiger partial charge < -0.3 is 0 Å². The normalized spacial score (nSPS) is 32.9. The molecular weight excluding hydrogens is 204 g/mol. The third kappa shape index (κ3) is 7.84. The van der Waals surface area contributed by atoms with E-state index < -0.39 is 55.4 Å². The van der Waals surface area contributed by atoms with E-state index in [1.807, 2.05) is 0 Å². The van der Waals surface area contributed by atoms with Crippen molar-refractivity contribution in [2.45, 2.75) is 88.7 Å². The van der Waals surface area contributed by atoms with Crippen molar-refractivity contribution in [3.8, 4) is 0 Å². The van der Waals surface area contributed by atoms with Gasteiger partial charge in [0.1, 0.15) is 0 Å². The maximum Gasteiger partial charge on any atom is 0.0305 e. The summed E-state index contributed by atoms with van der Waals surface area (Å²) in [5, 5.41) is 0. The van der Waals surface area contributed by atoms with Gasteiger partial charge in [-0.05, 0) is 22.1 Å². The molecule has 0 bridgehead atoms. The monoisotopic (exact) mass is 256 g/mol. The SMILES string of the molecule is [2H]C([2H])([2H])C(C([2H])([2H])[2H])(C([2H])([2H])C)C(C)(C)C.[2H]C([2H])([2H])C([2H])(C([2H])([2H])C)C(C)(C)C. The van der Waals surface area contributed by atoms with Crippen LogP contribution in [-0.4, -0.2) is 0 Å². The molecule has 0 fully saturated rings. The van der Waals surface area contributed by atoms with Crippen molar-refractivity contribution in [2.75, 3.05) is 0 Å². The zero-order valence-electron chi connectivity index (χ0n) is 26.5. The van der Waals surface area contributed by atoms with E-state index in [1.165, 1.54) is 20.8 Å². The summed E-state index contributed by atoms with van der Waals surface area (Å²) in [4.78, 5) is 0. The summed E-state index contributed by atoms with van der Waals surface area (Å²) < 4.78 is 106. The molecule has 0 aromatic carbocycles. The molecule has 0 nitrogen and oxygen atoms in total. The van der Waals surface area contributed by atoms with E-state index in [0.29, 0.717) is 0 Å². The Morgan fingerprint density at radius 1 is 1.06 bits per heavy atom. The van der Waals surface area contributed by atoms with Crippen LogP contribution >= 0.6 is 0 Å². The van der Waals surface area contributed by atoms with Crippen LogP contribution in [0.4, 0.5) is 0 Å². The molecule has 0 saturated carbocycles. The Bertz CT molecular complexity index is 484. The topological polar surface area (TPSA) is 0 Å². The molecule has 0 aromatic rings. The van der Waals surface area contributed by atoms with Gasteiger partial charge in [-0.3, -0.25) is 0 Å². The summed E-state index contributed by atoms with van der Waals surface area (Å²) in [6.07, 6.45) is -4.43. The third-order valence-corrected chi connectivity index (χ3v) is 2.50. The fourth-order valence-corrected chi connectivity index (χ4v) is 0.750. The van der Waals surface area contributed by atoms with E-state index in [9.17, 15) is 0 Å². The van der Waals surface area contributed by atoms with E-state index in [2.05, 4.69) is 0 Å². The average molecular weight is 257 g/mol. The molecule has 0 aromatic heterocycles. The molecule has 1 unspecified atom stereocenters. The van der Waals surface area contributed by atoms with E-state index >= 15 is 0 Å². The predicted octanol–water partition coefficient (Wildman–Crippen LogP) is 6.55. The maximum atomic E-state index is 7.94. The third-order valence-electron chi connectivity index (χ3n) is 2.50. The second-order valence-electron chi connectivity index (χ2n) is 6.12. The van der Waals surface area contributed by atoms with Crippen LogP contribution < -0.4 is 0 Å². The molecule has 17 heavy (non-hydrogen) atoms. The molecule has 0 radical (unpaired) electrons. The Labute approximate surface area is 131 Å². The first kappa shape index (κ1) is 5.17. The highest BCUT2D eigenvalue weighted by molar-refractivity contribution is 4.80. The Morgan fingerprint density at radius 3 is 1.53 bits per heavy atom. The lowest BCUT2D eigenvalue weighted by atomic mass is 9.68. The Morgan fingerprint density at radius 2 is 1.53 bits per heavy atom. The van der Waals surface area contributed by atoms with E-state index in [1.54, 1.807) is 20.8 Å². The highest BCUT2D eigenvalue weighted by atomic mass is 14.3. The average Bonchev–Trinajstić information content (AvgIpc) is 2.26. The number of rotatable bonds is 2. The van der Waals surface area contributed by atoms with Gasteiger partial charge in [0.05, 0.1) is 0 Å². The standard InChI is InChI=1S/C9H20.C8H18/c1-7-9(5,6)8(2,3)4;1-6-7(2)8(3,4)5/h7H2,1-6H3;7H,6H2,1-5H3/i5D3,6D3,7D2;2D3,6D2,7D. The highest BCUT2D eigenvalue weighted by Gasteiger charge is 2.30. The first-order chi connectivity index (χ1) is 12.8. The highest BCUT2D eigenvalue weighted by Crippen LogP contribution is 2.40. The van der Waals surface area contributed by atoms with Gasteiger partial charge in [-0.2, -0.15) is 0 Å². The smallest absolute Gasteiger partial charge is 0.0305 e. The van der Waals surface area contributed by atoms with Crippen molar-refractivity contribution in [2.24, 2.45) is 22.1 Å². The van der Waals surface area contributed by atoms with Crippen molar-refractivity contribution in [1.29, 1.82) is 0 Å². The van der Waals surface area contributed by atoms with Gasteiger partial charge in [0.25, 0.3) is 0 Å². The predicted molar refractivity (Wildman–Crippen MR) is 82.4 cm³/mol. The van der Waals surface area contributed by atoms with Crippen LogP contribution in [0.1, 0.15) is 108 Å². The summed E-state index contributed by atoms with van der Waals surface area (Å²) in [7, 11) is 0. The van der Waals surface area contributed by atoms with E-state index in [4.69, 9.17) is 19.2 Å². The molecule has 0 aliphatic rings. The van der Waals surface area contributed by atoms with Gasteiger partial charge in [0, 0.05) is 19.2 Å². The van der Waals surface area contributed by atoms with Gasteiger partial charge in [0.2, 0.25) is 0 Å². The first-order valence-electron chi connectivity index (χ1n) is 12.8. The molecule has 106 valence electrons. The fourth-order valence-electron chi connectivity index (χ4n) is 0.750. The van der Waals surface area contributed by atoms with Gasteiger partial charge in [-0.1, -0.05) is 88.7 Å². The fraction of sp³-hybridized carbons (Fsp3) is 1.00. The second kappa shape index (κ2) is 6.81. The summed E-state index contributed by atoms with van der Waals surface area (Å²) in [6.45, 7) is 2.78. The van der Waals surface area contributed by atoms with E-state index in [0.717, 1.165) is 13.8 Å². The molecular formula is C17H38. The molecule has 0 saturated heterocycles. The van der Waals surface area contributed by atoms with Crippen LogP contribution in [0.15, 0.2) is 0 Å². The molecule has 0 heteroatoms. The van der Waals surface area contributed by atoms with Crippen molar-refractivity contribution < 1.29 is 19.2 Å². The molecule has 0 aliphatic heterocycles. The minimum atomic E-state index is -2.92. The molecule has 0 spiro atoms. The molecule has 0 amide bonds. The largest absolute Gasteiger partial charge is 0.0651 e. The Kier molecular flexibility index (Phi) is 2.07. The number of hydrogen-bond acceptors (Lipinski definition) is 0. The van der Waals surface area contributed by atoms with Gasteiger partial charge in [-0.25, -0.2) is 0 Å². The van der Waals surface area contributed by atoms with Gasteiger partial charge >= 0.3 is 0 Å². The van der Waals surface area contributed by atoms with Gasteiger partial charge in [0.15, 0.2) is 0 Å². The lowest BCUT2D eigenvalue weighted by Crippen LogP contribution is -2.28. The van der Waals surface area contributed by atoms with Crippen molar-refractivity contribution >= 4 is 0 Å². The lowest BCUT2D eigenvalue weighted by Gasteiger charge is -2.37. The summed E-state index contributed by atoms with van der Waals surface area (Å²) >= 11 is 0. The summed E-state index contributed by atoms with van der Waals surface area (Å²) in [5.41, 5.74) is -4.60. The maximum absolute atomic E-state index is 7.94. The first-order valence-corrected chi connectivity index (χ1v) is 5.75. The molecule has 0 heterocycles. The van der Waals surface area contributed by atoms with Crippen LogP contribution in [0.2, 0.25) is 0 Å². The molecule has 0 N–H and O–H groups in total. The quantitative estimate of drug-likeness (QED) is 0.525. The van der Waals surface area contributed by atoms with Crippen LogP contribution in [0.5, 0.6) is 0 Å². The van der Waals surface area contributed by atoms with Crippen molar-refractivity contribution in [3.05, 3.63) is 0 Å². The van der Waals surface area contributed by atoms with Crippen LogP contribution in [0.3, 0.4) is 0 Å². The molecule has 0 rings (SSSR count). The molecule has 1 atom stereocenters. The van der Waals surface area contributed by atoms with Crippen LogP contribution in [0.25, 0.3) is 0 Å². The molecule has 0 aliphatic carbocycles. The van der Waals surface area contributed by atoms with Gasteiger partial charge in [-0.15, -0.1) is 0 Å². The summed E-state index contributed by atoms with van der Waals surface area (Å²) in [5.74, 6) is -2.10. The minimum Gasteiger partial charge on any atom is -0.0651 e. The zero-order chi connectivity index (χ0) is 26.5. The van der Waals surface area contributed by atoms with Crippen molar-refractivity contribution in [1.82, 2.24) is 0 Å². The zero-order valence-corrected chi connectivity index (χ0v) is 12.5. The second-order valence-corrected chi connectivity index (χ2v) is 6.12. The van der Waals surface area contributed by atoms with E-state index in [-0.39, 0.29) is 0 Å².